The second-order valence-corrected chi connectivity index (χ2v) is 4.49. The second-order valence-electron chi connectivity index (χ2n) is 4.49. The molecule has 0 bridgehead atoms. The van der Waals surface area contributed by atoms with Crippen LogP contribution >= 0.6 is 0 Å². The predicted octanol–water partition coefficient (Wildman–Crippen LogP) is 1.68. The zero-order valence-electron chi connectivity index (χ0n) is 9.73. The number of hydrogen-bond acceptors (Lipinski definition) is 3. The molecule has 16 heavy (non-hydrogen) atoms. The summed E-state index contributed by atoms with van der Waals surface area (Å²) in [6, 6.07) is 10.7. The molecule has 0 aliphatic carbocycles. The molecule has 0 spiro atoms. The SMILES string of the molecule is NN[C@H](CN1CCCCC1)c1ccccc1. The summed E-state index contributed by atoms with van der Waals surface area (Å²) in [5, 5.41) is 0. The van der Waals surface area contributed by atoms with Gasteiger partial charge < -0.3 is 4.90 Å². The van der Waals surface area contributed by atoms with E-state index in [1.165, 1.54) is 37.9 Å². The van der Waals surface area contributed by atoms with E-state index in [-0.39, 0.29) is 6.04 Å². The van der Waals surface area contributed by atoms with E-state index in [1.54, 1.807) is 0 Å². The summed E-state index contributed by atoms with van der Waals surface area (Å²) < 4.78 is 0. The van der Waals surface area contributed by atoms with Gasteiger partial charge in [-0.2, -0.15) is 0 Å². The van der Waals surface area contributed by atoms with Crippen LogP contribution in [0, 0.1) is 0 Å². The zero-order chi connectivity index (χ0) is 11.2. The smallest absolute Gasteiger partial charge is 0.0587 e. The first-order valence-corrected chi connectivity index (χ1v) is 6.13. The standard InChI is InChI=1S/C13H21N3/c14-15-13(12-7-3-1-4-8-12)11-16-9-5-2-6-10-16/h1,3-4,7-8,13,15H,2,5-6,9-11,14H2/t13-/m1/s1. The number of benzene rings is 1. The second kappa shape index (κ2) is 5.99. The van der Waals surface area contributed by atoms with Crippen LogP contribution in [0.25, 0.3) is 0 Å². The maximum Gasteiger partial charge on any atom is 0.0587 e. The molecule has 1 heterocycles. The molecule has 1 atom stereocenters. The van der Waals surface area contributed by atoms with Crippen molar-refractivity contribution in [2.75, 3.05) is 19.6 Å². The average molecular weight is 219 g/mol. The molecule has 1 saturated heterocycles. The van der Waals surface area contributed by atoms with Crippen molar-refractivity contribution in [3.05, 3.63) is 35.9 Å². The van der Waals surface area contributed by atoms with Gasteiger partial charge in [-0.25, -0.2) is 0 Å². The van der Waals surface area contributed by atoms with Gasteiger partial charge in [0.25, 0.3) is 0 Å². The predicted molar refractivity (Wildman–Crippen MR) is 66.8 cm³/mol. The summed E-state index contributed by atoms with van der Waals surface area (Å²) in [6.45, 7) is 3.44. The minimum absolute atomic E-state index is 0.249. The molecule has 3 nitrogen and oxygen atoms in total. The van der Waals surface area contributed by atoms with E-state index in [0.717, 1.165) is 6.54 Å². The molecule has 88 valence electrons. The number of nitrogens with one attached hydrogen (secondary N) is 1. The summed E-state index contributed by atoms with van der Waals surface area (Å²) >= 11 is 0. The van der Waals surface area contributed by atoms with Gasteiger partial charge in [0.05, 0.1) is 6.04 Å². The van der Waals surface area contributed by atoms with Crippen LogP contribution in [-0.2, 0) is 0 Å². The average Bonchev–Trinajstić information content (AvgIpc) is 2.38. The van der Waals surface area contributed by atoms with Gasteiger partial charge in [-0.15, -0.1) is 0 Å². The van der Waals surface area contributed by atoms with Crippen LogP contribution in [-0.4, -0.2) is 24.5 Å². The Morgan fingerprint density at radius 2 is 1.81 bits per heavy atom. The molecule has 0 aromatic heterocycles. The first kappa shape index (κ1) is 11.6. The van der Waals surface area contributed by atoms with Crippen LogP contribution in [0.15, 0.2) is 30.3 Å². The van der Waals surface area contributed by atoms with Crippen molar-refractivity contribution in [1.82, 2.24) is 10.3 Å². The van der Waals surface area contributed by atoms with Gasteiger partial charge in [0, 0.05) is 6.54 Å². The monoisotopic (exact) mass is 219 g/mol. The molecule has 1 aliphatic rings. The van der Waals surface area contributed by atoms with Crippen molar-refractivity contribution in [3.8, 4) is 0 Å². The minimum atomic E-state index is 0.249. The van der Waals surface area contributed by atoms with Gasteiger partial charge in [-0.3, -0.25) is 11.3 Å². The van der Waals surface area contributed by atoms with E-state index in [2.05, 4.69) is 34.6 Å². The van der Waals surface area contributed by atoms with Crippen molar-refractivity contribution < 1.29 is 0 Å². The van der Waals surface area contributed by atoms with Crippen LogP contribution in [0.2, 0.25) is 0 Å². The quantitative estimate of drug-likeness (QED) is 0.598. The van der Waals surface area contributed by atoms with Crippen molar-refractivity contribution in [1.29, 1.82) is 0 Å². The highest BCUT2D eigenvalue weighted by atomic mass is 15.3. The number of nitrogens with two attached hydrogens (primary N) is 1. The van der Waals surface area contributed by atoms with E-state index in [1.807, 2.05) is 6.07 Å². The van der Waals surface area contributed by atoms with Gasteiger partial charge in [0.15, 0.2) is 0 Å². The third-order valence-corrected chi connectivity index (χ3v) is 3.29. The third kappa shape index (κ3) is 3.04. The highest BCUT2D eigenvalue weighted by Crippen LogP contribution is 2.16. The normalized spacial score (nSPS) is 19.6. The van der Waals surface area contributed by atoms with Gasteiger partial charge in [0.1, 0.15) is 0 Å². The number of piperidine rings is 1. The molecule has 1 fully saturated rings. The molecule has 3 N–H and O–H groups in total. The van der Waals surface area contributed by atoms with Crippen LogP contribution < -0.4 is 11.3 Å². The lowest BCUT2D eigenvalue weighted by Gasteiger charge is -2.30. The summed E-state index contributed by atoms with van der Waals surface area (Å²) in [6.07, 6.45) is 4.03. The Labute approximate surface area is 97.6 Å². The Bertz CT molecular complexity index is 293. The molecule has 2 rings (SSSR count). The highest BCUT2D eigenvalue weighted by molar-refractivity contribution is 5.19. The number of hydrogen-bond donors (Lipinski definition) is 2. The fraction of sp³-hybridized carbons (Fsp3) is 0.538. The molecule has 0 radical (unpaired) electrons. The molecule has 1 aromatic rings. The van der Waals surface area contributed by atoms with E-state index < -0.39 is 0 Å². The Kier molecular flexibility index (Phi) is 4.34. The number of nitrogens with zero attached hydrogens (tertiary/aromatic N) is 1. The highest BCUT2D eigenvalue weighted by Gasteiger charge is 2.16. The van der Waals surface area contributed by atoms with Crippen LogP contribution in [0.4, 0.5) is 0 Å². The van der Waals surface area contributed by atoms with Gasteiger partial charge in [-0.05, 0) is 31.5 Å². The maximum absolute atomic E-state index is 5.65. The van der Waals surface area contributed by atoms with Crippen molar-refractivity contribution >= 4 is 0 Å². The largest absolute Gasteiger partial charge is 0.301 e. The number of rotatable bonds is 4. The molecular weight excluding hydrogens is 198 g/mol. The molecule has 3 heteroatoms. The summed E-state index contributed by atoms with van der Waals surface area (Å²) in [5.41, 5.74) is 4.20. The lowest BCUT2D eigenvalue weighted by molar-refractivity contribution is 0.205. The maximum atomic E-state index is 5.65. The van der Waals surface area contributed by atoms with Gasteiger partial charge >= 0.3 is 0 Å². The first-order chi connectivity index (χ1) is 7.90. The Morgan fingerprint density at radius 3 is 2.44 bits per heavy atom. The van der Waals surface area contributed by atoms with Crippen LogP contribution in [0.3, 0.4) is 0 Å². The van der Waals surface area contributed by atoms with Crippen LogP contribution in [0.5, 0.6) is 0 Å². The van der Waals surface area contributed by atoms with Crippen molar-refractivity contribution in [3.63, 3.8) is 0 Å². The molecular formula is C13H21N3. The molecule has 0 saturated carbocycles. The summed E-state index contributed by atoms with van der Waals surface area (Å²) in [7, 11) is 0. The molecule has 0 amide bonds. The van der Waals surface area contributed by atoms with E-state index in [9.17, 15) is 0 Å². The number of hydrazine groups is 1. The van der Waals surface area contributed by atoms with Gasteiger partial charge in [0.2, 0.25) is 0 Å². The Morgan fingerprint density at radius 1 is 1.12 bits per heavy atom. The molecule has 0 unspecified atom stereocenters. The lowest BCUT2D eigenvalue weighted by atomic mass is 10.1. The van der Waals surface area contributed by atoms with Crippen molar-refractivity contribution in [2.24, 2.45) is 5.84 Å². The zero-order valence-corrected chi connectivity index (χ0v) is 9.73. The Hall–Kier alpha value is -0.900. The minimum Gasteiger partial charge on any atom is -0.301 e. The van der Waals surface area contributed by atoms with Crippen molar-refractivity contribution in [2.45, 2.75) is 25.3 Å². The lowest BCUT2D eigenvalue weighted by Crippen LogP contribution is -2.40. The summed E-state index contributed by atoms with van der Waals surface area (Å²) in [4.78, 5) is 2.50. The van der Waals surface area contributed by atoms with E-state index >= 15 is 0 Å². The first-order valence-electron chi connectivity index (χ1n) is 6.13. The topological polar surface area (TPSA) is 41.3 Å². The molecule has 1 aliphatic heterocycles. The van der Waals surface area contributed by atoms with E-state index in [0.29, 0.717) is 0 Å². The third-order valence-electron chi connectivity index (χ3n) is 3.29. The fourth-order valence-electron chi connectivity index (χ4n) is 2.34. The number of likely N-dealkylation sites (tertiary alicyclic amines) is 1. The Balaban J connectivity index is 1.94. The molecule has 1 aromatic carbocycles. The van der Waals surface area contributed by atoms with E-state index in [4.69, 9.17) is 5.84 Å². The summed E-state index contributed by atoms with van der Waals surface area (Å²) in [5.74, 6) is 5.65. The van der Waals surface area contributed by atoms with Crippen LogP contribution in [0.1, 0.15) is 30.9 Å². The van der Waals surface area contributed by atoms with Gasteiger partial charge in [-0.1, -0.05) is 36.8 Å². The fourth-order valence-corrected chi connectivity index (χ4v) is 2.34.